The van der Waals surface area contributed by atoms with Gasteiger partial charge in [-0.1, -0.05) is 6.42 Å². The van der Waals surface area contributed by atoms with Crippen molar-refractivity contribution in [2.75, 3.05) is 31.0 Å². The molecule has 2 aromatic rings. The summed E-state index contributed by atoms with van der Waals surface area (Å²) in [4.78, 5) is 33.0. The van der Waals surface area contributed by atoms with Gasteiger partial charge in [0.1, 0.15) is 18.0 Å². The van der Waals surface area contributed by atoms with E-state index in [-0.39, 0.29) is 29.2 Å². The fourth-order valence-electron chi connectivity index (χ4n) is 4.00. The highest BCUT2D eigenvalue weighted by atomic mass is 19.1. The maximum atomic E-state index is 15.1. The smallest absolute Gasteiger partial charge is 0.407 e. The average Bonchev–Trinajstić information content (AvgIpc) is 2.78. The number of aromatic nitrogens is 2. The number of methoxy groups -OCH3 is 1. The zero-order valence-electron chi connectivity index (χ0n) is 22.5. The van der Waals surface area contributed by atoms with E-state index in [2.05, 4.69) is 25.9 Å². The molecule has 12 heteroatoms. The zero-order valence-corrected chi connectivity index (χ0v) is 22.5. The van der Waals surface area contributed by atoms with Gasteiger partial charge in [0.2, 0.25) is 5.88 Å². The van der Waals surface area contributed by atoms with E-state index >= 15 is 4.39 Å². The number of hydrogen-bond donors (Lipinski definition) is 4. The molecule has 1 saturated carbocycles. The van der Waals surface area contributed by atoms with Crippen molar-refractivity contribution in [2.24, 2.45) is 11.7 Å². The van der Waals surface area contributed by atoms with E-state index in [9.17, 15) is 9.59 Å². The Morgan fingerprint density at radius 1 is 1.21 bits per heavy atom. The van der Waals surface area contributed by atoms with Crippen LogP contribution in [0.25, 0.3) is 0 Å². The number of hydrogen-bond acceptors (Lipinski definition) is 9. The van der Waals surface area contributed by atoms with Crippen LogP contribution in [0.5, 0.6) is 5.88 Å². The zero-order chi connectivity index (χ0) is 27.9. The Kier molecular flexibility index (Phi) is 9.67. The maximum Gasteiger partial charge on any atom is 0.407 e. The molecule has 0 bridgehead atoms. The molecular weight excluding hydrogens is 495 g/mol. The Morgan fingerprint density at radius 2 is 1.95 bits per heavy atom. The number of ether oxygens (including phenoxy) is 3. The van der Waals surface area contributed by atoms with Crippen LogP contribution in [0.3, 0.4) is 0 Å². The fraction of sp³-hybridized carbons (Fsp3) is 0.538. The number of amides is 2. The van der Waals surface area contributed by atoms with Crippen LogP contribution < -0.4 is 26.4 Å². The second kappa shape index (κ2) is 12.7. The monoisotopic (exact) mass is 532 g/mol. The van der Waals surface area contributed by atoms with Gasteiger partial charge in [0.15, 0.2) is 11.6 Å². The number of anilines is 3. The number of alkyl carbamates (subject to hydrolysis) is 1. The minimum absolute atomic E-state index is 0.0653. The van der Waals surface area contributed by atoms with Crippen molar-refractivity contribution in [3.05, 3.63) is 35.8 Å². The van der Waals surface area contributed by atoms with Crippen LogP contribution in [0.1, 0.15) is 57.3 Å². The summed E-state index contributed by atoms with van der Waals surface area (Å²) in [7, 11) is 1.57. The molecule has 1 aliphatic carbocycles. The highest BCUT2D eigenvalue weighted by Gasteiger charge is 2.34. The molecule has 0 aromatic carbocycles. The molecule has 2 aromatic heterocycles. The van der Waals surface area contributed by atoms with E-state index < -0.39 is 29.5 Å². The van der Waals surface area contributed by atoms with Crippen molar-refractivity contribution < 1.29 is 28.2 Å². The van der Waals surface area contributed by atoms with Crippen LogP contribution >= 0.6 is 0 Å². The Hall–Kier alpha value is -3.67. The maximum absolute atomic E-state index is 15.1. The van der Waals surface area contributed by atoms with Gasteiger partial charge in [-0.2, -0.15) is 0 Å². The highest BCUT2D eigenvalue weighted by molar-refractivity contribution is 5.98. The number of halogens is 1. The average molecular weight is 533 g/mol. The lowest BCUT2D eigenvalue weighted by Gasteiger charge is -2.38. The lowest BCUT2D eigenvalue weighted by atomic mass is 9.77. The first-order valence-corrected chi connectivity index (χ1v) is 12.6. The number of carbonyl (C=O) groups is 2. The molecule has 0 saturated heterocycles. The van der Waals surface area contributed by atoms with Gasteiger partial charge in [-0.3, -0.25) is 4.79 Å². The second-order valence-corrected chi connectivity index (χ2v) is 10.2. The Labute approximate surface area is 222 Å². The van der Waals surface area contributed by atoms with Crippen molar-refractivity contribution in [3.63, 3.8) is 0 Å². The minimum Gasteiger partial charge on any atom is -0.475 e. The highest BCUT2D eigenvalue weighted by Crippen LogP contribution is 2.34. The molecule has 2 atom stereocenters. The minimum atomic E-state index is -0.841. The Balaban J connectivity index is 1.84. The molecule has 3 rings (SSSR count). The molecule has 0 radical (unpaired) electrons. The first-order valence-electron chi connectivity index (χ1n) is 12.6. The molecule has 208 valence electrons. The quantitative estimate of drug-likeness (QED) is 0.298. The number of rotatable bonds is 12. The SMILES string of the molecule is COCCOc1cc(Nc2nc(N[C@H](C3CCC3)[C@H](C)NC(=O)OC(C)(C)C)c(F)cc2C(N)=O)ccn1. The fourth-order valence-corrected chi connectivity index (χ4v) is 4.00. The van der Waals surface area contributed by atoms with E-state index in [4.69, 9.17) is 19.9 Å². The van der Waals surface area contributed by atoms with Crippen molar-refractivity contribution in [1.82, 2.24) is 15.3 Å². The third-order valence-corrected chi connectivity index (χ3v) is 6.02. The summed E-state index contributed by atoms with van der Waals surface area (Å²) in [6, 6.07) is 3.59. The van der Waals surface area contributed by atoms with Crippen molar-refractivity contribution in [3.8, 4) is 5.88 Å². The second-order valence-electron chi connectivity index (χ2n) is 10.2. The standard InChI is InChI=1S/C26H37FN6O5/c1-15(30-25(35)38-26(2,3)4)21(16-7-6-8-16)32-24-19(27)14-18(22(28)34)23(33-24)31-17-9-10-29-20(13-17)37-12-11-36-5/h9-10,13-16,21H,6-8,11-12H2,1-5H3,(H2,28,34)(H,30,35)(H2,29,31,32,33)/t15-,21-/m0/s1. The molecule has 5 N–H and O–H groups in total. The Morgan fingerprint density at radius 3 is 2.55 bits per heavy atom. The normalized spacial score (nSPS) is 15.1. The first-order chi connectivity index (χ1) is 18.0. The number of primary amides is 1. The molecule has 38 heavy (non-hydrogen) atoms. The molecular formula is C26H37FN6O5. The third kappa shape index (κ3) is 8.17. The van der Waals surface area contributed by atoms with Gasteiger partial charge >= 0.3 is 6.09 Å². The predicted octanol–water partition coefficient (Wildman–Crippen LogP) is 3.98. The van der Waals surface area contributed by atoms with Crippen LogP contribution in [0, 0.1) is 11.7 Å². The predicted molar refractivity (Wildman–Crippen MR) is 141 cm³/mol. The molecule has 0 unspecified atom stereocenters. The van der Waals surface area contributed by atoms with Crippen LogP contribution in [-0.4, -0.2) is 60.0 Å². The molecule has 0 aliphatic heterocycles. The molecule has 1 fully saturated rings. The van der Waals surface area contributed by atoms with E-state index in [1.54, 1.807) is 40.0 Å². The van der Waals surface area contributed by atoms with Crippen molar-refractivity contribution in [1.29, 1.82) is 0 Å². The Bertz CT molecular complexity index is 1120. The van der Waals surface area contributed by atoms with Crippen LogP contribution in [0.4, 0.5) is 26.5 Å². The van der Waals surface area contributed by atoms with Crippen LogP contribution in [-0.2, 0) is 9.47 Å². The van der Waals surface area contributed by atoms with E-state index in [1.807, 2.05) is 6.92 Å². The summed E-state index contributed by atoms with van der Waals surface area (Å²) >= 11 is 0. The number of pyridine rings is 2. The van der Waals surface area contributed by atoms with E-state index in [0.717, 1.165) is 25.3 Å². The molecule has 2 amide bonds. The van der Waals surface area contributed by atoms with E-state index in [0.29, 0.717) is 24.8 Å². The van der Waals surface area contributed by atoms with Gasteiger partial charge in [-0.15, -0.1) is 0 Å². The summed E-state index contributed by atoms with van der Waals surface area (Å²) in [6.45, 7) is 7.87. The van der Waals surface area contributed by atoms with Crippen molar-refractivity contribution in [2.45, 2.75) is 64.6 Å². The number of nitrogens with zero attached hydrogens (tertiary/aromatic N) is 2. The molecule has 11 nitrogen and oxygen atoms in total. The lowest BCUT2D eigenvalue weighted by Crippen LogP contribution is -2.51. The van der Waals surface area contributed by atoms with Gasteiger partial charge in [-0.05, 0) is 58.6 Å². The molecule has 1 aliphatic rings. The number of nitrogens with two attached hydrogens (primary N) is 1. The summed E-state index contributed by atoms with van der Waals surface area (Å²) < 4.78 is 31.0. The molecule has 2 heterocycles. The topological polar surface area (TPSA) is 150 Å². The summed E-state index contributed by atoms with van der Waals surface area (Å²) in [5.41, 5.74) is 5.26. The largest absolute Gasteiger partial charge is 0.475 e. The summed E-state index contributed by atoms with van der Waals surface area (Å²) in [5, 5.41) is 9.01. The number of carbonyl (C=O) groups excluding carboxylic acids is 2. The van der Waals surface area contributed by atoms with Crippen LogP contribution in [0.2, 0.25) is 0 Å². The lowest BCUT2D eigenvalue weighted by molar-refractivity contribution is 0.0492. The van der Waals surface area contributed by atoms with Gasteiger partial charge in [0.05, 0.1) is 18.2 Å². The molecule has 0 spiro atoms. The summed E-state index contributed by atoms with van der Waals surface area (Å²) in [5.74, 6) is -1.06. The first kappa shape index (κ1) is 28.9. The van der Waals surface area contributed by atoms with Gasteiger partial charge in [0, 0.05) is 31.1 Å². The van der Waals surface area contributed by atoms with Gasteiger partial charge in [-0.25, -0.2) is 19.2 Å². The van der Waals surface area contributed by atoms with Gasteiger partial charge < -0.3 is 35.9 Å². The number of nitrogens with one attached hydrogen (secondary N) is 3. The third-order valence-electron chi connectivity index (χ3n) is 6.02. The van der Waals surface area contributed by atoms with Crippen molar-refractivity contribution >= 4 is 29.3 Å². The van der Waals surface area contributed by atoms with Gasteiger partial charge in [0.25, 0.3) is 5.91 Å². The van der Waals surface area contributed by atoms with Crippen LogP contribution in [0.15, 0.2) is 24.4 Å². The van der Waals surface area contributed by atoms with E-state index in [1.165, 1.54) is 6.20 Å². The summed E-state index contributed by atoms with van der Waals surface area (Å²) in [6.07, 6.45) is 3.85.